The van der Waals surface area contributed by atoms with Crippen LogP contribution in [0.4, 0.5) is 18.4 Å². The summed E-state index contributed by atoms with van der Waals surface area (Å²) in [5.74, 6) is -0.185. The Balaban J connectivity index is 1.25. The van der Waals surface area contributed by atoms with Gasteiger partial charge in [-0.25, -0.2) is 48.4 Å². The smallest absolute Gasteiger partial charge is 0.410 e. The average Bonchev–Trinajstić information content (AvgIpc) is 4.00. The van der Waals surface area contributed by atoms with Gasteiger partial charge in [-0.2, -0.15) is 0 Å². The average molecular weight is 961 g/mol. The van der Waals surface area contributed by atoms with Crippen LogP contribution in [-0.2, 0) is 32.4 Å². The highest BCUT2D eigenvalue weighted by Gasteiger charge is 2.38. The Morgan fingerprint density at radius 1 is 0.621 bits per heavy atom. The number of hydrogen-bond donors (Lipinski definition) is 0. The Morgan fingerprint density at radius 2 is 0.985 bits per heavy atom. The molecule has 2 aliphatic heterocycles. The Bertz CT molecular complexity index is 2280. The van der Waals surface area contributed by atoms with Crippen LogP contribution < -0.4 is 0 Å². The van der Waals surface area contributed by atoms with Crippen molar-refractivity contribution in [2.75, 3.05) is 75.3 Å². The van der Waals surface area contributed by atoms with Gasteiger partial charge in [-0.15, -0.1) is 0 Å². The van der Waals surface area contributed by atoms with Gasteiger partial charge in [0, 0.05) is 49.6 Å². The van der Waals surface area contributed by atoms with Crippen LogP contribution in [0.5, 0.6) is 0 Å². The van der Waals surface area contributed by atoms with Crippen LogP contribution in [0.3, 0.4) is 0 Å². The normalized spacial score (nSPS) is 17.8. The minimum atomic E-state index is -0.841. The zero-order chi connectivity index (χ0) is 48.5. The fourth-order valence-corrected chi connectivity index (χ4v) is 9.35. The van der Waals surface area contributed by atoms with Gasteiger partial charge in [0.15, 0.2) is 11.6 Å². The number of carbonyl (C=O) groups is 4. The summed E-state index contributed by atoms with van der Waals surface area (Å²) < 4.78 is 59.3. The highest BCUT2D eigenvalue weighted by Crippen LogP contribution is 2.39. The van der Waals surface area contributed by atoms with Crippen molar-refractivity contribution < 1.29 is 46.9 Å². The molecule has 2 fully saturated rings. The first kappa shape index (κ1) is 51.1. The number of carbonyl (C=O) groups excluding carboxylic acids is 4. The number of imidazole rings is 2. The molecule has 2 saturated heterocycles. The van der Waals surface area contributed by atoms with Crippen LogP contribution in [0, 0.1) is 11.6 Å². The summed E-state index contributed by atoms with van der Waals surface area (Å²) in [6.45, 7) is 12.8. The Labute approximate surface area is 391 Å². The molecule has 2 amide bonds. The first-order chi connectivity index (χ1) is 30.7. The van der Waals surface area contributed by atoms with Crippen molar-refractivity contribution in [3.8, 4) is 0 Å². The van der Waals surface area contributed by atoms with Crippen LogP contribution in [0.1, 0.15) is 125 Å². The van der Waals surface area contributed by atoms with E-state index in [1.165, 1.54) is 24.3 Å². The van der Waals surface area contributed by atoms with Crippen molar-refractivity contribution in [2.24, 2.45) is 0 Å². The molecule has 366 valence electrons. The van der Waals surface area contributed by atoms with Crippen molar-refractivity contribution >= 4 is 65.9 Å². The van der Waals surface area contributed by atoms with Crippen molar-refractivity contribution in [2.45, 2.75) is 117 Å². The van der Waals surface area contributed by atoms with Gasteiger partial charge < -0.3 is 28.1 Å². The third-order valence-electron chi connectivity index (χ3n) is 11.4. The molecule has 0 radical (unpaired) electrons. The van der Waals surface area contributed by atoms with Crippen LogP contribution in [0.2, 0.25) is 0 Å². The number of hydrogen-bond acceptors (Lipinski definition) is 10. The largest absolute Gasteiger partial charge is 0.444 e. The molecular weight excluding hydrogens is 891 g/mol. The maximum atomic E-state index is 16.1. The van der Waals surface area contributed by atoms with Crippen LogP contribution in [0.15, 0.2) is 24.3 Å². The first-order valence-electron chi connectivity index (χ1n) is 22.6. The molecule has 0 bridgehead atoms. The number of Topliss-reactive ketones (excluding diaryl/α,β-unsaturated/α-hetero) is 2. The van der Waals surface area contributed by atoms with E-state index in [-0.39, 0.29) is 24.6 Å². The van der Waals surface area contributed by atoms with Gasteiger partial charge in [0.05, 0.1) is 58.5 Å². The summed E-state index contributed by atoms with van der Waals surface area (Å²) >= 11 is 0. The molecule has 14 nitrogen and oxygen atoms in total. The van der Waals surface area contributed by atoms with E-state index >= 15 is 8.78 Å². The fraction of sp³-hybridized carbons (Fsp3) is 0.625. The second kappa shape index (κ2) is 20.1. The Kier molecular flexibility index (Phi) is 15.6. The van der Waals surface area contributed by atoms with Crippen molar-refractivity contribution in [3.05, 3.63) is 58.7 Å². The molecule has 2 aliphatic rings. The van der Waals surface area contributed by atoms with Gasteiger partial charge in [0.1, 0.15) is 47.9 Å². The first-order valence-corrected chi connectivity index (χ1v) is 28.7. The lowest BCUT2D eigenvalue weighted by Gasteiger charge is -2.29. The molecule has 0 saturated carbocycles. The molecule has 66 heavy (non-hydrogen) atoms. The highest BCUT2D eigenvalue weighted by atomic mass is 32.3. The summed E-state index contributed by atoms with van der Waals surface area (Å²) in [4.78, 5) is 67.2. The molecule has 4 heterocycles. The molecule has 2 aromatic carbocycles. The van der Waals surface area contributed by atoms with Gasteiger partial charge in [-0.05, 0) is 117 Å². The summed E-state index contributed by atoms with van der Waals surface area (Å²) in [6, 6.07) is 4.30. The molecule has 2 aromatic heterocycles. The fourth-order valence-electron chi connectivity index (χ4n) is 8.11. The van der Waals surface area contributed by atoms with Crippen LogP contribution in [0.25, 0.3) is 22.1 Å². The minimum absolute atomic E-state index is 0.0601. The van der Waals surface area contributed by atoms with Crippen molar-refractivity contribution in [1.29, 1.82) is 0 Å². The van der Waals surface area contributed by atoms with E-state index in [0.29, 0.717) is 85.7 Å². The van der Waals surface area contributed by atoms with E-state index in [1.54, 1.807) is 60.5 Å². The third-order valence-corrected chi connectivity index (χ3v) is 14.2. The molecule has 4 aromatic rings. The molecule has 0 N–H and O–H groups in total. The monoisotopic (exact) mass is 960 g/mol. The minimum Gasteiger partial charge on any atom is -0.444 e. The van der Waals surface area contributed by atoms with Crippen LogP contribution >= 0.6 is 20.1 Å². The van der Waals surface area contributed by atoms with Gasteiger partial charge in [-0.1, -0.05) is 0 Å². The maximum absolute atomic E-state index is 16.1. The second-order valence-corrected chi connectivity index (χ2v) is 30.3. The number of rotatable bonds is 17. The number of likely N-dealkylation sites (tertiary alicyclic amines) is 2. The number of ketones is 2. The van der Waals surface area contributed by atoms with E-state index in [4.69, 9.17) is 28.9 Å². The molecule has 0 spiro atoms. The van der Waals surface area contributed by atoms with Gasteiger partial charge in [0.2, 0.25) is 0 Å². The lowest BCUT2D eigenvalue weighted by atomic mass is 10.00. The number of nitrogens with zero attached hydrogens (tertiary/aromatic N) is 6. The number of ether oxygens (including phenoxy) is 4. The number of aromatic nitrogens is 4. The molecule has 6 rings (SSSR count). The van der Waals surface area contributed by atoms with Crippen LogP contribution in [-0.4, -0.2) is 139 Å². The van der Waals surface area contributed by atoms with E-state index in [2.05, 4.69) is 37.5 Å². The molecule has 18 heteroatoms. The Morgan fingerprint density at radius 3 is 1.32 bits per heavy atom. The predicted molar refractivity (Wildman–Crippen MR) is 259 cm³/mol. The summed E-state index contributed by atoms with van der Waals surface area (Å²) in [5, 5.41) is 0. The van der Waals surface area contributed by atoms with Gasteiger partial charge in [0.25, 0.3) is 0 Å². The standard InChI is InChI=1S/C48H70F2N6O8S2/c1-47(2,3)63-45(59)53-19-13-15-37(53)43-51-35-25-31(33(49)27-39(35)55(43)29-61-21-23-65(7,8)9)41(57)17-18-42(58)32-26-36-40(28-34(32)50)56(30-62-22-24-66(10,11)12)44(52-36)38-16-14-20-54(38)46(60)64-48(4,5)6/h25-28,37-38H,13-24,29-30H2,1-12H3/t37-,38-/m0/s1. The molecule has 2 atom stereocenters. The van der Waals surface area contributed by atoms with E-state index in [9.17, 15) is 19.2 Å². The topological polar surface area (TPSA) is 147 Å². The second-order valence-electron chi connectivity index (χ2n) is 21.1. The molecule has 0 unspecified atom stereocenters. The van der Waals surface area contributed by atoms with Gasteiger partial charge in [-0.3, -0.25) is 19.4 Å². The zero-order valence-corrected chi connectivity index (χ0v) is 42.5. The highest BCUT2D eigenvalue weighted by molar-refractivity contribution is 8.32. The Hall–Kier alpha value is -4.26. The lowest BCUT2D eigenvalue weighted by molar-refractivity contribution is 0.0196. The predicted octanol–water partition coefficient (Wildman–Crippen LogP) is 9.99. The summed E-state index contributed by atoms with van der Waals surface area (Å²) in [6.07, 6.45) is 14.1. The number of fused-ring (bicyclic) bond motifs is 2. The quantitative estimate of drug-likeness (QED) is 0.0740. The SMILES string of the molecule is CC(C)(C)OC(=O)N1CCC[C@H]1c1nc2cc(C(=O)CCC(=O)c3cc4nc([C@@H]5CCCN5C(=O)OC(C)(C)C)n(COCCS(C)(C)C)c4cc3F)c(F)cc2n1COCCS(C)(C)C. The summed E-state index contributed by atoms with van der Waals surface area (Å²) in [7, 11) is -1.68. The van der Waals surface area contributed by atoms with E-state index in [0.717, 1.165) is 11.5 Å². The van der Waals surface area contributed by atoms with E-state index in [1.807, 2.05) is 0 Å². The molecule has 0 aliphatic carbocycles. The maximum Gasteiger partial charge on any atom is 0.410 e. The zero-order valence-electron chi connectivity index (χ0n) is 40.9. The van der Waals surface area contributed by atoms with E-state index < -0.39 is 91.6 Å². The lowest BCUT2D eigenvalue weighted by Crippen LogP contribution is -2.37. The summed E-state index contributed by atoms with van der Waals surface area (Å²) in [5.41, 5.74) is -0.460. The number of benzene rings is 2. The number of halogens is 2. The van der Waals surface area contributed by atoms with Crippen molar-refractivity contribution in [3.63, 3.8) is 0 Å². The molecular formula is C48H70F2N6O8S2. The van der Waals surface area contributed by atoms with Crippen molar-refractivity contribution in [1.82, 2.24) is 28.9 Å². The van der Waals surface area contributed by atoms with Gasteiger partial charge >= 0.3 is 12.2 Å². The number of amides is 2. The third kappa shape index (κ3) is 12.8.